The van der Waals surface area contributed by atoms with E-state index >= 15 is 0 Å². The summed E-state index contributed by atoms with van der Waals surface area (Å²) in [6.07, 6.45) is 5.08. The number of fused-ring (bicyclic) bond motifs is 1. The topological polar surface area (TPSA) is 52.6 Å². The second-order valence-electron chi connectivity index (χ2n) is 8.24. The lowest BCUT2D eigenvalue weighted by Crippen LogP contribution is -2.44. The average molecular weight is 414 g/mol. The van der Waals surface area contributed by atoms with Crippen molar-refractivity contribution >= 4 is 15.7 Å². The molecule has 1 aliphatic carbocycles. The Morgan fingerprint density at radius 3 is 2.31 bits per heavy atom. The van der Waals surface area contributed by atoms with Crippen molar-refractivity contribution in [3.05, 3.63) is 59.2 Å². The van der Waals surface area contributed by atoms with E-state index in [1.165, 1.54) is 23.2 Å². The molecular weight excluding hydrogens is 382 g/mol. The third kappa shape index (κ3) is 5.00. The summed E-state index contributed by atoms with van der Waals surface area (Å²) in [5.74, 6) is 0. The van der Waals surface area contributed by atoms with Crippen LogP contribution in [0.5, 0.6) is 0 Å². The maximum atomic E-state index is 12.7. The number of hydrogen-bond acceptors (Lipinski definition) is 4. The van der Waals surface area contributed by atoms with Gasteiger partial charge in [0.05, 0.1) is 4.90 Å². The van der Waals surface area contributed by atoms with Crippen molar-refractivity contribution in [1.29, 1.82) is 0 Å². The molecule has 0 bridgehead atoms. The maximum absolute atomic E-state index is 12.7. The molecule has 1 heterocycles. The van der Waals surface area contributed by atoms with E-state index in [1.807, 2.05) is 12.1 Å². The lowest BCUT2D eigenvalue weighted by Gasteiger charge is -2.34. The smallest absolute Gasteiger partial charge is 0.240 e. The van der Waals surface area contributed by atoms with Gasteiger partial charge in [0.2, 0.25) is 10.0 Å². The highest BCUT2D eigenvalue weighted by atomic mass is 32.2. The number of likely N-dealkylation sites (N-methyl/N-ethyl adjacent to an activating group) is 1. The summed E-state index contributed by atoms with van der Waals surface area (Å²) in [6.45, 7) is 4.69. The summed E-state index contributed by atoms with van der Waals surface area (Å²) >= 11 is 0. The first-order valence-electron chi connectivity index (χ1n) is 10.7. The highest BCUT2D eigenvalue weighted by Crippen LogP contribution is 2.24. The molecule has 156 valence electrons. The van der Waals surface area contributed by atoms with Gasteiger partial charge in [-0.1, -0.05) is 18.2 Å². The molecule has 0 atom stereocenters. The first-order valence-corrected chi connectivity index (χ1v) is 12.1. The Morgan fingerprint density at radius 1 is 0.897 bits per heavy atom. The Bertz CT molecular complexity index is 933. The third-order valence-corrected chi connectivity index (χ3v) is 7.60. The zero-order chi connectivity index (χ0) is 20.3. The van der Waals surface area contributed by atoms with Gasteiger partial charge in [0.25, 0.3) is 0 Å². The van der Waals surface area contributed by atoms with Crippen LogP contribution >= 0.6 is 0 Å². The number of rotatable bonds is 6. The molecule has 0 amide bonds. The number of hydrogen-bond donors (Lipinski definition) is 1. The van der Waals surface area contributed by atoms with Gasteiger partial charge in [-0.15, -0.1) is 0 Å². The predicted molar refractivity (Wildman–Crippen MR) is 118 cm³/mol. The molecule has 1 N–H and O–H groups in total. The summed E-state index contributed by atoms with van der Waals surface area (Å²) < 4.78 is 28.1. The Hall–Kier alpha value is -1.89. The van der Waals surface area contributed by atoms with Crippen LogP contribution in [0.2, 0.25) is 0 Å². The monoisotopic (exact) mass is 413 g/mol. The van der Waals surface area contributed by atoms with Gasteiger partial charge in [0.1, 0.15) is 0 Å². The molecule has 2 aliphatic rings. The van der Waals surface area contributed by atoms with Crippen LogP contribution in [0.3, 0.4) is 0 Å². The molecule has 4 rings (SSSR count). The number of nitrogens with zero attached hydrogens (tertiary/aromatic N) is 2. The average Bonchev–Trinajstić information content (AvgIpc) is 2.74. The summed E-state index contributed by atoms with van der Waals surface area (Å²) in [4.78, 5) is 5.14. The lowest BCUT2D eigenvalue weighted by molar-refractivity contribution is 0.313. The second-order valence-corrected chi connectivity index (χ2v) is 10.0. The highest BCUT2D eigenvalue weighted by molar-refractivity contribution is 7.89. The van der Waals surface area contributed by atoms with E-state index in [1.54, 1.807) is 6.07 Å². The largest absolute Gasteiger partial charge is 0.369 e. The van der Waals surface area contributed by atoms with Crippen molar-refractivity contribution in [2.45, 2.75) is 37.0 Å². The summed E-state index contributed by atoms with van der Waals surface area (Å²) in [7, 11) is -1.30. The van der Waals surface area contributed by atoms with Crippen LogP contribution in [-0.4, -0.2) is 53.1 Å². The van der Waals surface area contributed by atoms with Crippen LogP contribution in [0.1, 0.15) is 29.5 Å². The fourth-order valence-corrected chi connectivity index (χ4v) is 5.31. The molecule has 1 saturated heterocycles. The number of nitrogens with one attached hydrogen (secondary N) is 1. The molecule has 29 heavy (non-hydrogen) atoms. The Balaban J connectivity index is 1.32. The minimum atomic E-state index is -3.46. The number of piperazine rings is 1. The predicted octanol–water partition coefficient (Wildman–Crippen LogP) is 2.84. The number of benzene rings is 2. The molecule has 0 spiro atoms. The quantitative estimate of drug-likeness (QED) is 0.791. The van der Waals surface area contributed by atoms with Crippen molar-refractivity contribution < 1.29 is 8.42 Å². The first kappa shape index (κ1) is 20.4. The maximum Gasteiger partial charge on any atom is 0.240 e. The van der Waals surface area contributed by atoms with Gasteiger partial charge in [-0.3, -0.25) is 0 Å². The zero-order valence-corrected chi connectivity index (χ0v) is 18.0. The van der Waals surface area contributed by atoms with E-state index in [2.05, 4.69) is 45.8 Å². The molecular formula is C23H31N3O2S. The summed E-state index contributed by atoms with van der Waals surface area (Å²) in [5, 5.41) is 0. The van der Waals surface area contributed by atoms with E-state index in [0.717, 1.165) is 51.0 Å². The van der Waals surface area contributed by atoms with E-state index in [-0.39, 0.29) is 0 Å². The Labute approximate surface area is 174 Å². The third-order valence-electron chi connectivity index (χ3n) is 6.14. The van der Waals surface area contributed by atoms with Crippen molar-refractivity contribution in [2.24, 2.45) is 0 Å². The molecule has 0 unspecified atom stereocenters. The van der Waals surface area contributed by atoms with Gasteiger partial charge in [0, 0.05) is 38.4 Å². The minimum absolute atomic E-state index is 0.392. The minimum Gasteiger partial charge on any atom is -0.369 e. The van der Waals surface area contributed by atoms with Crippen molar-refractivity contribution in [1.82, 2.24) is 9.62 Å². The molecule has 1 aliphatic heterocycles. The molecule has 1 fully saturated rings. The molecule has 5 nitrogen and oxygen atoms in total. The van der Waals surface area contributed by atoms with Gasteiger partial charge in [-0.05, 0) is 80.1 Å². The summed E-state index contributed by atoms with van der Waals surface area (Å²) in [5.41, 5.74) is 4.89. The molecule has 0 radical (unpaired) electrons. The normalized spacial score (nSPS) is 17.9. The molecule has 2 aromatic carbocycles. The fourth-order valence-electron chi connectivity index (χ4n) is 4.23. The van der Waals surface area contributed by atoms with Gasteiger partial charge in [0.15, 0.2) is 0 Å². The molecule has 0 saturated carbocycles. The van der Waals surface area contributed by atoms with Crippen molar-refractivity contribution in [2.75, 3.05) is 44.7 Å². The highest BCUT2D eigenvalue weighted by Gasteiger charge is 2.18. The lowest BCUT2D eigenvalue weighted by atomic mass is 9.92. The standard InChI is InChI=1S/C23H31N3O2S/c1-25-14-16-26(17-15-25)22-9-6-19(7-10-22)12-13-24-29(27,28)23-11-8-20-4-2-3-5-21(20)18-23/h6-11,18,24H,2-5,12-17H2,1H3. The van der Waals surface area contributed by atoms with Crippen LogP contribution in [0.15, 0.2) is 47.4 Å². The van der Waals surface area contributed by atoms with Gasteiger partial charge >= 0.3 is 0 Å². The first-order chi connectivity index (χ1) is 14.0. The van der Waals surface area contributed by atoms with Gasteiger partial charge < -0.3 is 9.80 Å². The summed E-state index contributed by atoms with van der Waals surface area (Å²) in [6, 6.07) is 14.1. The zero-order valence-electron chi connectivity index (χ0n) is 17.2. The Morgan fingerprint density at radius 2 is 1.59 bits per heavy atom. The Kier molecular flexibility index (Phi) is 6.23. The second kappa shape index (κ2) is 8.86. The van der Waals surface area contributed by atoms with E-state index < -0.39 is 10.0 Å². The van der Waals surface area contributed by atoms with Crippen LogP contribution in [0.25, 0.3) is 0 Å². The van der Waals surface area contributed by atoms with Gasteiger partial charge in [-0.2, -0.15) is 0 Å². The van der Waals surface area contributed by atoms with Crippen LogP contribution in [0.4, 0.5) is 5.69 Å². The van der Waals surface area contributed by atoms with E-state index in [0.29, 0.717) is 17.9 Å². The SMILES string of the molecule is CN1CCN(c2ccc(CCNS(=O)(=O)c3ccc4c(c3)CCCC4)cc2)CC1. The number of aryl methyl sites for hydroxylation is 2. The van der Waals surface area contributed by atoms with Gasteiger partial charge in [-0.25, -0.2) is 13.1 Å². The van der Waals surface area contributed by atoms with Crippen LogP contribution < -0.4 is 9.62 Å². The van der Waals surface area contributed by atoms with E-state index in [9.17, 15) is 8.42 Å². The van der Waals surface area contributed by atoms with Crippen LogP contribution in [-0.2, 0) is 29.3 Å². The molecule has 2 aromatic rings. The molecule has 6 heteroatoms. The van der Waals surface area contributed by atoms with Crippen molar-refractivity contribution in [3.8, 4) is 0 Å². The van der Waals surface area contributed by atoms with E-state index in [4.69, 9.17) is 0 Å². The fraction of sp³-hybridized carbons (Fsp3) is 0.478. The number of sulfonamides is 1. The molecule has 0 aromatic heterocycles. The van der Waals surface area contributed by atoms with Crippen molar-refractivity contribution in [3.63, 3.8) is 0 Å². The number of anilines is 1. The van der Waals surface area contributed by atoms with Crippen LogP contribution in [0, 0.1) is 0 Å².